The molecule has 0 fully saturated rings. The van der Waals surface area contributed by atoms with Crippen LogP contribution in [0.4, 0.5) is 17.3 Å². The van der Waals surface area contributed by atoms with Gasteiger partial charge in [0.15, 0.2) is 0 Å². The monoisotopic (exact) mass is 364 g/mol. The van der Waals surface area contributed by atoms with Crippen molar-refractivity contribution in [3.05, 3.63) is 66.0 Å². The number of hydrogen-bond acceptors (Lipinski definition) is 6. The van der Waals surface area contributed by atoms with Gasteiger partial charge in [-0.2, -0.15) is 0 Å². The average molecular weight is 364 g/mol. The summed E-state index contributed by atoms with van der Waals surface area (Å²) in [5.74, 6) is 1.23. The van der Waals surface area contributed by atoms with E-state index in [1.165, 1.54) is 6.20 Å². The summed E-state index contributed by atoms with van der Waals surface area (Å²) in [4.78, 5) is 21.0. The van der Waals surface area contributed by atoms with Crippen LogP contribution in [0.5, 0.6) is 11.5 Å². The SMILES string of the molecule is COc1ccc(Nc2nccc(C(=O)Nc3ccccc3C)n2)c(OC)c1. The van der Waals surface area contributed by atoms with Gasteiger partial charge in [0, 0.05) is 18.0 Å². The highest BCUT2D eigenvalue weighted by molar-refractivity contribution is 6.03. The number of amides is 1. The highest BCUT2D eigenvalue weighted by Crippen LogP contribution is 2.30. The molecule has 27 heavy (non-hydrogen) atoms. The molecule has 0 atom stereocenters. The van der Waals surface area contributed by atoms with E-state index in [4.69, 9.17) is 9.47 Å². The molecule has 0 aliphatic rings. The maximum atomic E-state index is 12.5. The molecule has 0 spiro atoms. The summed E-state index contributed by atoms with van der Waals surface area (Å²) in [5.41, 5.74) is 2.63. The number of nitrogens with one attached hydrogen (secondary N) is 2. The molecule has 0 aliphatic carbocycles. The summed E-state index contributed by atoms with van der Waals surface area (Å²) in [6, 6.07) is 14.4. The molecule has 138 valence electrons. The number of aryl methyl sites for hydroxylation is 1. The molecule has 0 bridgehead atoms. The molecule has 7 heteroatoms. The highest BCUT2D eigenvalue weighted by Gasteiger charge is 2.12. The molecule has 3 aromatic rings. The van der Waals surface area contributed by atoms with Gasteiger partial charge < -0.3 is 20.1 Å². The summed E-state index contributed by atoms with van der Waals surface area (Å²) in [6.45, 7) is 1.93. The maximum Gasteiger partial charge on any atom is 0.274 e. The van der Waals surface area contributed by atoms with Gasteiger partial charge in [0.25, 0.3) is 5.91 Å². The fourth-order valence-electron chi connectivity index (χ4n) is 2.47. The normalized spacial score (nSPS) is 10.2. The van der Waals surface area contributed by atoms with Crippen LogP contribution in [0.3, 0.4) is 0 Å². The third-order valence-electron chi connectivity index (χ3n) is 3.94. The summed E-state index contributed by atoms with van der Waals surface area (Å²) < 4.78 is 10.5. The Labute approximate surface area is 157 Å². The van der Waals surface area contributed by atoms with Gasteiger partial charge in [0.1, 0.15) is 17.2 Å². The van der Waals surface area contributed by atoms with Crippen molar-refractivity contribution in [3.63, 3.8) is 0 Å². The van der Waals surface area contributed by atoms with Crippen LogP contribution in [0, 0.1) is 6.92 Å². The van der Waals surface area contributed by atoms with Gasteiger partial charge in [0.05, 0.1) is 19.9 Å². The second-order valence-electron chi connectivity index (χ2n) is 5.73. The molecule has 1 aromatic heterocycles. The predicted octanol–water partition coefficient (Wildman–Crippen LogP) is 3.80. The van der Waals surface area contributed by atoms with Crippen molar-refractivity contribution in [2.75, 3.05) is 24.9 Å². The van der Waals surface area contributed by atoms with E-state index >= 15 is 0 Å². The first-order chi connectivity index (χ1) is 13.1. The van der Waals surface area contributed by atoms with Crippen LogP contribution in [0.1, 0.15) is 16.1 Å². The molecule has 0 unspecified atom stereocenters. The van der Waals surface area contributed by atoms with E-state index in [0.717, 1.165) is 11.3 Å². The number of anilines is 3. The molecule has 2 aromatic carbocycles. The molecule has 2 N–H and O–H groups in total. The number of ether oxygens (including phenoxy) is 2. The lowest BCUT2D eigenvalue weighted by Crippen LogP contribution is -2.15. The van der Waals surface area contributed by atoms with Crippen LogP contribution in [0.2, 0.25) is 0 Å². The Kier molecular flexibility index (Phi) is 5.51. The van der Waals surface area contributed by atoms with E-state index in [1.54, 1.807) is 38.5 Å². The third kappa shape index (κ3) is 4.33. The smallest absolute Gasteiger partial charge is 0.274 e. The summed E-state index contributed by atoms with van der Waals surface area (Å²) in [5, 5.41) is 5.92. The van der Waals surface area contributed by atoms with Crippen LogP contribution in [-0.2, 0) is 0 Å². The first kappa shape index (κ1) is 18.2. The van der Waals surface area contributed by atoms with Crippen molar-refractivity contribution >= 4 is 23.2 Å². The number of hydrogen-bond donors (Lipinski definition) is 2. The topological polar surface area (TPSA) is 85.4 Å². The quantitative estimate of drug-likeness (QED) is 0.692. The second-order valence-corrected chi connectivity index (χ2v) is 5.73. The van der Waals surface area contributed by atoms with Gasteiger partial charge in [0.2, 0.25) is 5.95 Å². The largest absolute Gasteiger partial charge is 0.497 e. The molecule has 1 amide bonds. The van der Waals surface area contributed by atoms with Gasteiger partial charge >= 0.3 is 0 Å². The van der Waals surface area contributed by atoms with Gasteiger partial charge in [-0.3, -0.25) is 4.79 Å². The van der Waals surface area contributed by atoms with Crippen molar-refractivity contribution in [2.24, 2.45) is 0 Å². The van der Waals surface area contributed by atoms with Crippen LogP contribution < -0.4 is 20.1 Å². The van der Waals surface area contributed by atoms with Crippen molar-refractivity contribution < 1.29 is 14.3 Å². The van der Waals surface area contributed by atoms with E-state index in [1.807, 2.05) is 31.2 Å². The van der Waals surface area contributed by atoms with Crippen LogP contribution in [-0.4, -0.2) is 30.1 Å². The number of carbonyl (C=O) groups excluding carboxylic acids is 1. The Bertz CT molecular complexity index is 959. The molecule has 7 nitrogen and oxygen atoms in total. The summed E-state index contributed by atoms with van der Waals surface area (Å²) in [6.07, 6.45) is 1.53. The number of benzene rings is 2. The number of aromatic nitrogens is 2. The van der Waals surface area contributed by atoms with Gasteiger partial charge in [-0.15, -0.1) is 0 Å². The molecule has 0 radical (unpaired) electrons. The Balaban J connectivity index is 1.80. The Morgan fingerprint density at radius 2 is 1.81 bits per heavy atom. The fraction of sp³-hybridized carbons (Fsp3) is 0.150. The predicted molar refractivity (Wildman–Crippen MR) is 104 cm³/mol. The lowest BCUT2D eigenvalue weighted by Gasteiger charge is -2.12. The summed E-state index contributed by atoms with van der Waals surface area (Å²) >= 11 is 0. The first-order valence-electron chi connectivity index (χ1n) is 8.30. The highest BCUT2D eigenvalue weighted by atomic mass is 16.5. The number of methoxy groups -OCH3 is 2. The zero-order chi connectivity index (χ0) is 19.2. The third-order valence-corrected chi connectivity index (χ3v) is 3.94. The van der Waals surface area contributed by atoms with Gasteiger partial charge in [-0.1, -0.05) is 18.2 Å². The lowest BCUT2D eigenvalue weighted by atomic mass is 10.2. The average Bonchev–Trinajstić information content (AvgIpc) is 2.70. The minimum atomic E-state index is -0.309. The number of rotatable bonds is 6. The Morgan fingerprint density at radius 1 is 1.00 bits per heavy atom. The minimum Gasteiger partial charge on any atom is -0.497 e. The molecule has 0 saturated carbocycles. The molecular weight excluding hydrogens is 344 g/mol. The van der Waals surface area contributed by atoms with Crippen molar-refractivity contribution in [1.82, 2.24) is 9.97 Å². The zero-order valence-electron chi connectivity index (χ0n) is 15.3. The molecule has 3 rings (SSSR count). The number of carbonyl (C=O) groups is 1. The van der Waals surface area contributed by atoms with Crippen molar-refractivity contribution in [2.45, 2.75) is 6.92 Å². The Morgan fingerprint density at radius 3 is 2.56 bits per heavy atom. The maximum absolute atomic E-state index is 12.5. The lowest BCUT2D eigenvalue weighted by molar-refractivity contribution is 0.102. The van der Waals surface area contributed by atoms with Crippen LogP contribution >= 0.6 is 0 Å². The molecule has 1 heterocycles. The van der Waals surface area contributed by atoms with Crippen LogP contribution in [0.15, 0.2) is 54.7 Å². The van der Waals surface area contributed by atoms with E-state index in [0.29, 0.717) is 17.2 Å². The molecule has 0 saturated heterocycles. The standard InChI is InChI=1S/C20H20N4O3/c1-13-6-4-5-7-15(13)22-19(25)17-10-11-21-20(24-17)23-16-9-8-14(26-2)12-18(16)27-3/h4-12H,1-3H3,(H,22,25)(H,21,23,24). The van der Waals surface area contributed by atoms with E-state index in [-0.39, 0.29) is 17.5 Å². The van der Waals surface area contributed by atoms with Gasteiger partial charge in [-0.25, -0.2) is 9.97 Å². The van der Waals surface area contributed by atoms with E-state index in [9.17, 15) is 4.79 Å². The van der Waals surface area contributed by atoms with Gasteiger partial charge in [-0.05, 0) is 36.8 Å². The molecular formula is C20H20N4O3. The van der Waals surface area contributed by atoms with Crippen molar-refractivity contribution in [1.29, 1.82) is 0 Å². The Hall–Kier alpha value is -3.61. The second kappa shape index (κ2) is 8.18. The first-order valence-corrected chi connectivity index (χ1v) is 8.30. The molecule has 0 aliphatic heterocycles. The summed E-state index contributed by atoms with van der Waals surface area (Å²) in [7, 11) is 3.15. The zero-order valence-corrected chi connectivity index (χ0v) is 15.3. The minimum absolute atomic E-state index is 0.253. The number of para-hydroxylation sites is 1. The number of nitrogens with zero attached hydrogens (tertiary/aromatic N) is 2. The van der Waals surface area contributed by atoms with Crippen LogP contribution in [0.25, 0.3) is 0 Å². The van der Waals surface area contributed by atoms with E-state index in [2.05, 4.69) is 20.6 Å². The fourth-order valence-corrected chi connectivity index (χ4v) is 2.47. The van der Waals surface area contributed by atoms with E-state index < -0.39 is 0 Å². The van der Waals surface area contributed by atoms with Crippen molar-refractivity contribution in [3.8, 4) is 11.5 Å².